The van der Waals surface area contributed by atoms with Crippen molar-refractivity contribution < 1.29 is 4.52 Å². The van der Waals surface area contributed by atoms with E-state index in [-0.39, 0.29) is 24.0 Å². The van der Waals surface area contributed by atoms with Gasteiger partial charge in [-0.2, -0.15) is 0 Å². The van der Waals surface area contributed by atoms with Gasteiger partial charge < -0.3 is 14.7 Å². The number of para-hydroxylation sites is 1. The zero-order valence-electron chi connectivity index (χ0n) is 13.4. The Labute approximate surface area is 154 Å². The molecule has 0 atom stereocenters. The van der Waals surface area contributed by atoms with E-state index in [0.29, 0.717) is 6.54 Å². The zero-order chi connectivity index (χ0) is 15.2. The Kier molecular flexibility index (Phi) is 6.88. The van der Waals surface area contributed by atoms with Crippen molar-refractivity contribution in [1.29, 1.82) is 0 Å². The van der Waals surface area contributed by atoms with Gasteiger partial charge in [0.05, 0.1) is 5.69 Å². The Bertz CT molecular complexity index is 621. The second-order valence-electron chi connectivity index (χ2n) is 5.61. The summed E-state index contributed by atoms with van der Waals surface area (Å²) >= 11 is 0. The Morgan fingerprint density at radius 1 is 1.22 bits per heavy atom. The van der Waals surface area contributed by atoms with Crippen LogP contribution in [0.1, 0.15) is 30.7 Å². The molecule has 6 heteroatoms. The number of benzene rings is 1. The molecule has 2 heterocycles. The van der Waals surface area contributed by atoms with Crippen LogP contribution in [-0.4, -0.2) is 29.1 Å². The molecule has 1 aromatic heterocycles. The van der Waals surface area contributed by atoms with Crippen LogP contribution in [0.3, 0.4) is 0 Å². The number of aromatic nitrogens is 1. The molecule has 1 fully saturated rings. The Morgan fingerprint density at radius 3 is 2.61 bits per heavy atom. The van der Waals surface area contributed by atoms with Gasteiger partial charge in [0.2, 0.25) is 0 Å². The number of rotatable bonds is 3. The minimum atomic E-state index is 0. The third kappa shape index (κ3) is 5.23. The number of nitrogens with zero attached hydrogens (tertiary/aromatic N) is 3. The molecule has 5 nitrogen and oxygen atoms in total. The Morgan fingerprint density at radius 2 is 1.96 bits per heavy atom. The van der Waals surface area contributed by atoms with Gasteiger partial charge in [-0.25, -0.2) is 4.99 Å². The van der Waals surface area contributed by atoms with E-state index in [0.717, 1.165) is 36.2 Å². The summed E-state index contributed by atoms with van der Waals surface area (Å²) in [5.41, 5.74) is 1.95. The van der Waals surface area contributed by atoms with Crippen molar-refractivity contribution in [3.63, 3.8) is 0 Å². The van der Waals surface area contributed by atoms with Gasteiger partial charge >= 0.3 is 0 Å². The number of piperidine rings is 1. The van der Waals surface area contributed by atoms with Gasteiger partial charge in [-0.1, -0.05) is 23.4 Å². The van der Waals surface area contributed by atoms with Gasteiger partial charge in [-0.05, 0) is 38.3 Å². The average Bonchev–Trinajstić information content (AvgIpc) is 2.99. The summed E-state index contributed by atoms with van der Waals surface area (Å²) in [6.45, 7) is 4.53. The van der Waals surface area contributed by atoms with E-state index in [1.807, 2.05) is 31.2 Å². The summed E-state index contributed by atoms with van der Waals surface area (Å²) in [5, 5.41) is 7.35. The molecule has 124 valence electrons. The Hall–Kier alpha value is -1.57. The monoisotopic (exact) mass is 426 g/mol. The van der Waals surface area contributed by atoms with Crippen molar-refractivity contribution >= 4 is 35.6 Å². The molecule has 1 aromatic carbocycles. The lowest BCUT2D eigenvalue weighted by Gasteiger charge is -2.30. The fourth-order valence-corrected chi connectivity index (χ4v) is 2.62. The smallest absolute Gasteiger partial charge is 0.198 e. The van der Waals surface area contributed by atoms with Crippen LogP contribution in [0.2, 0.25) is 0 Å². The Balaban J connectivity index is 0.00000192. The number of hydrogen-bond donors (Lipinski definition) is 1. The molecule has 0 unspecified atom stereocenters. The lowest BCUT2D eigenvalue weighted by molar-refractivity contribution is 0.338. The van der Waals surface area contributed by atoms with Gasteiger partial charge in [0.1, 0.15) is 6.54 Å². The van der Waals surface area contributed by atoms with Crippen molar-refractivity contribution in [3.05, 3.63) is 47.9 Å². The van der Waals surface area contributed by atoms with Crippen molar-refractivity contribution in [1.82, 2.24) is 10.1 Å². The van der Waals surface area contributed by atoms with Crippen LogP contribution >= 0.6 is 24.0 Å². The van der Waals surface area contributed by atoms with E-state index < -0.39 is 0 Å². The molecule has 23 heavy (non-hydrogen) atoms. The molecule has 0 amide bonds. The maximum Gasteiger partial charge on any atom is 0.198 e. The average molecular weight is 426 g/mol. The van der Waals surface area contributed by atoms with E-state index in [4.69, 9.17) is 9.52 Å². The summed E-state index contributed by atoms with van der Waals surface area (Å²) in [5.74, 6) is 1.71. The topological polar surface area (TPSA) is 53.7 Å². The summed E-state index contributed by atoms with van der Waals surface area (Å²) in [7, 11) is 0. The van der Waals surface area contributed by atoms with Crippen LogP contribution in [-0.2, 0) is 6.54 Å². The maximum atomic E-state index is 5.25. The minimum Gasteiger partial charge on any atom is -0.359 e. The first kappa shape index (κ1) is 17.8. The number of nitrogens with one attached hydrogen (secondary N) is 1. The molecule has 0 saturated carbocycles. The molecule has 1 saturated heterocycles. The number of guanidine groups is 1. The molecule has 0 spiro atoms. The number of likely N-dealkylation sites (tertiary alicyclic amines) is 1. The second kappa shape index (κ2) is 8.90. The van der Waals surface area contributed by atoms with Crippen LogP contribution in [0.4, 0.5) is 5.69 Å². The number of halogens is 1. The highest BCUT2D eigenvalue weighted by Gasteiger charge is 2.15. The summed E-state index contributed by atoms with van der Waals surface area (Å²) < 4.78 is 5.25. The van der Waals surface area contributed by atoms with E-state index >= 15 is 0 Å². The van der Waals surface area contributed by atoms with E-state index in [9.17, 15) is 0 Å². The number of hydrogen-bond acceptors (Lipinski definition) is 3. The molecule has 1 aliphatic heterocycles. The maximum absolute atomic E-state index is 5.25. The molecule has 2 aromatic rings. The van der Waals surface area contributed by atoms with Gasteiger partial charge in [-0.3, -0.25) is 0 Å². The highest BCUT2D eigenvalue weighted by molar-refractivity contribution is 14.0. The van der Waals surface area contributed by atoms with Gasteiger partial charge in [0.15, 0.2) is 11.7 Å². The molecule has 1 aliphatic rings. The SMILES string of the molecule is Cc1cc(CN=C(Nc2ccccc2)N2CCCCC2)on1.I. The van der Waals surface area contributed by atoms with Crippen LogP contribution in [0, 0.1) is 6.92 Å². The number of aliphatic imine (C=N–C) groups is 1. The van der Waals surface area contributed by atoms with Crippen molar-refractivity contribution in [3.8, 4) is 0 Å². The third-order valence-electron chi connectivity index (χ3n) is 3.75. The van der Waals surface area contributed by atoms with Crippen LogP contribution in [0.5, 0.6) is 0 Å². The van der Waals surface area contributed by atoms with Gasteiger partial charge in [-0.15, -0.1) is 24.0 Å². The zero-order valence-corrected chi connectivity index (χ0v) is 15.7. The lowest BCUT2D eigenvalue weighted by Crippen LogP contribution is -2.40. The summed E-state index contributed by atoms with van der Waals surface area (Å²) in [6.07, 6.45) is 3.74. The number of aryl methyl sites for hydroxylation is 1. The first-order valence-electron chi connectivity index (χ1n) is 7.85. The molecule has 0 radical (unpaired) electrons. The van der Waals surface area contributed by atoms with E-state index in [1.165, 1.54) is 19.3 Å². The first-order valence-corrected chi connectivity index (χ1v) is 7.85. The molecular formula is C17H23IN4O. The van der Waals surface area contributed by atoms with Crippen LogP contribution in [0.25, 0.3) is 0 Å². The third-order valence-corrected chi connectivity index (χ3v) is 3.75. The van der Waals surface area contributed by atoms with Gasteiger partial charge in [0, 0.05) is 24.8 Å². The van der Waals surface area contributed by atoms with E-state index in [2.05, 4.69) is 27.5 Å². The normalized spacial score (nSPS) is 15.2. The van der Waals surface area contributed by atoms with Crippen molar-refractivity contribution in [2.24, 2.45) is 4.99 Å². The molecular weight excluding hydrogens is 403 g/mol. The van der Waals surface area contributed by atoms with Crippen molar-refractivity contribution in [2.45, 2.75) is 32.7 Å². The molecule has 3 rings (SSSR count). The lowest BCUT2D eigenvalue weighted by atomic mass is 10.1. The van der Waals surface area contributed by atoms with E-state index in [1.54, 1.807) is 0 Å². The van der Waals surface area contributed by atoms with Crippen molar-refractivity contribution in [2.75, 3.05) is 18.4 Å². The van der Waals surface area contributed by atoms with Crippen LogP contribution < -0.4 is 5.32 Å². The largest absolute Gasteiger partial charge is 0.359 e. The molecule has 1 N–H and O–H groups in total. The first-order chi connectivity index (χ1) is 10.8. The molecule has 0 aliphatic carbocycles. The predicted molar refractivity (Wildman–Crippen MR) is 103 cm³/mol. The molecule has 0 bridgehead atoms. The number of anilines is 1. The minimum absolute atomic E-state index is 0. The fourth-order valence-electron chi connectivity index (χ4n) is 2.62. The summed E-state index contributed by atoms with van der Waals surface area (Å²) in [6, 6.07) is 12.1. The predicted octanol–water partition coefficient (Wildman–Crippen LogP) is 4.06. The highest BCUT2D eigenvalue weighted by atomic mass is 127. The standard InChI is InChI=1S/C17H22N4O.HI/c1-14-12-16(22-20-14)13-18-17(21-10-6-3-7-11-21)19-15-8-4-2-5-9-15;/h2,4-5,8-9,12H,3,6-7,10-11,13H2,1H3,(H,18,19);1H. The van der Waals surface area contributed by atoms with Gasteiger partial charge in [0.25, 0.3) is 0 Å². The fraction of sp³-hybridized carbons (Fsp3) is 0.412. The highest BCUT2D eigenvalue weighted by Crippen LogP contribution is 2.13. The summed E-state index contributed by atoms with van der Waals surface area (Å²) in [4.78, 5) is 7.04. The quantitative estimate of drug-likeness (QED) is 0.457. The van der Waals surface area contributed by atoms with Crippen LogP contribution in [0.15, 0.2) is 45.9 Å². The second-order valence-corrected chi connectivity index (χ2v) is 5.61.